The zero-order valence-corrected chi connectivity index (χ0v) is 13.8. The molecule has 1 aliphatic heterocycles. The van der Waals surface area contributed by atoms with Gasteiger partial charge in [0.1, 0.15) is 6.04 Å². The molecule has 4 nitrogen and oxygen atoms in total. The fourth-order valence-corrected chi connectivity index (χ4v) is 3.11. The fourth-order valence-electron chi connectivity index (χ4n) is 2.16. The largest absolute Gasteiger partial charge is 0.480 e. The zero-order valence-electron chi connectivity index (χ0n) is 10.1. The molecule has 1 aromatic carbocycles. The predicted octanol–water partition coefficient (Wildman–Crippen LogP) is 2.28. The van der Waals surface area contributed by atoms with Gasteiger partial charge in [-0.1, -0.05) is 28.1 Å². The van der Waals surface area contributed by atoms with Crippen molar-refractivity contribution in [3.8, 4) is 0 Å². The van der Waals surface area contributed by atoms with Crippen molar-refractivity contribution in [1.82, 2.24) is 4.90 Å². The Morgan fingerprint density at radius 3 is 2.58 bits per heavy atom. The number of rotatable bonds is 4. The highest BCUT2D eigenvalue weighted by Gasteiger charge is 2.36. The first kappa shape index (κ1) is 14.8. The molecule has 2 atom stereocenters. The highest BCUT2D eigenvalue weighted by molar-refractivity contribution is 14.1. The van der Waals surface area contributed by atoms with E-state index in [-0.39, 0.29) is 10.7 Å². The van der Waals surface area contributed by atoms with Crippen molar-refractivity contribution in [2.75, 3.05) is 6.54 Å². The quantitative estimate of drug-likeness (QED) is 0.580. The van der Waals surface area contributed by atoms with Crippen LogP contribution in [0.3, 0.4) is 0 Å². The van der Waals surface area contributed by atoms with Crippen LogP contribution in [0.15, 0.2) is 24.3 Å². The van der Waals surface area contributed by atoms with E-state index < -0.39 is 12.0 Å². The number of likely N-dealkylation sites (tertiary alicyclic amines) is 1. The number of nitrogens with zero attached hydrogens (tertiary/aromatic N) is 1. The summed E-state index contributed by atoms with van der Waals surface area (Å²) in [6, 6.07) is 6.91. The second-order valence-electron chi connectivity index (χ2n) is 4.53. The van der Waals surface area contributed by atoms with E-state index in [1.54, 1.807) is 0 Å². The molecule has 0 aromatic heterocycles. The van der Waals surface area contributed by atoms with Crippen molar-refractivity contribution in [1.29, 1.82) is 0 Å². The lowest BCUT2D eigenvalue weighted by Gasteiger charge is -2.24. The smallest absolute Gasteiger partial charge is 0.326 e. The van der Waals surface area contributed by atoms with Gasteiger partial charge in [-0.15, -0.1) is 0 Å². The molecular weight excluding hydrogens is 425 g/mol. The normalized spacial score (nSPS) is 20.6. The van der Waals surface area contributed by atoms with Crippen LogP contribution in [-0.2, 0) is 16.0 Å². The van der Waals surface area contributed by atoms with E-state index in [0.29, 0.717) is 19.4 Å². The first-order valence-corrected chi connectivity index (χ1v) is 7.87. The Bertz CT molecular complexity index is 491. The monoisotopic (exact) mass is 437 g/mol. The molecule has 19 heavy (non-hydrogen) atoms. The molecule has 1 heterocycles. The van der Waals surface area contributed by atoms with Crippen LogP contribution in [0.5, 0.6) is 0 Å². The molecule has 1 saturated heterocycles. The Morgan fingerprint density at radius 2 is 2.11 bits per heavy atom. The number of hydrogen-bond acceptors (Lipinski definition) is 2. The SMILES string of the molecule is O=C(O)C(Cc1ccc(I)cc1)N1CC(Br)CC1=O. The van der Waals surface area contributed by atoms with Crippen LogP contribution >= 0.6 is 38.5 Å². The molecule has 0 spiro atoms. The summed E-state index contributed by atoms with van der Waals surface area (Å²) >= 11 is 5.58. The van der Waals surface area contributed by atoms with E-state index in [0.717, 1.165) is 9.13 Å². The molecule has 2 unspecified atom stereocenters. The molecule has 0 bridgehead atoms. The van der Waals surface area contributed by atoms with Crippen LogP contribution in [0, 0.1) is 3.57 Å². The second kappa shape index (κ2) is 6.21. The third-order valence-corrected chi connectivity index (χ3v) is 4.45. The Balaban J connectivity index is 2.15. The molecule has 1 fully saturated rings. The van der Waals surface area contributed by atoms with Crippen molar-refractivity contribution >= 4 is 50.4 Å². The number of carboxylic acids is 1. The summed E-state index contributed by atoms with van der Waals surface area (Å²) in [4.78, 5) is 24.7. The molecule has 0 radical (unpaired) electrons. The summed E-state index contributed by atoms with van der Waals surface area (Å²) in [7, 11) is 0. The molecule has 2 rings (SSSR count). The minimum Gasteiger partial charge on any atom is -0.480 e. The zero-order chi connectivity index (χ0) is 14.0. The number of benzene rings is 1. The van der Waals surface area contributed by atoms with Gasteiger partial charge in [0.15, 0.2) is 0 Å². The van der Waals surface area contributed by atoms with Crippen molar-refractivity contribution in [2.24, 2.45) is 0 Å². The second-order valence-corrected chi connectivity index (χ2v) is 7.07. The third kappa shape index (κ3) is 3.68. The number of alkyl halides is 1. The van der Waals surface area contributed by atoms with Gasteiger partial charge in [-0.25, -0.2) is 4.79 Å². The molecular formula is C13H13BrINO3. The highest BCUT2D eigenvalue weighted by atomic mass is 127. The molecule has 6 heteroatoms. The van der Waals surface area contributed by atoms with Crippen LogP contribution in [0.25, 0.3) is 0 Å². The maximum Gasteiger partial charge on any atom is 0.326 e. The van der Waals surface area contributed by atoms with Gasteiger partial charge in [0, 0.05) is 27.8 Å². The lowest BCUT2D eigenvalue weighted by Crippen LogP contribution is -2.43. The van der Waals surface area contributed by atoms with Gasteiger partial charge >= 0.3 is 5.97 Å². The summed E-state index contributed by atoms with van der Waals surface area (Å²) in [6.45, 7) is 0.459. The van der Waals surface area contributed by atoms with Gasteiger partial charge in [-0.05, 0) is 40.3 Å². The van der Waals surface area contributed by atoms with E-state index in [1.807, 2.05) is 24.3 Å². The molecule has 1 aliphatic rings. The lowest BCUT2D eigenvalue weighted by molar-refractivity contribution is -0.148. The average molecular weight is 438 g/mol. The summed E-state index contributed by atoms with van der Waals surface area (Å²) < 4.78 is 1.10. The van der Waals surface area contributed by atoms with Gasteiger partial charge in [0.25, 0.3) is 0 Å². The topological polar surface area (TPSA) is 57.6 Å². The van der Waals surface area contributed by atoms with Crippen LogP contribution in [-0.4, -0.2) is 39.3 Å². The summed E-state index contributed by atoms with van der Waals surface area (Å²) in [5.74, 6) is -1.05. The van der Waals surface area contributed by atoms with Crippen molar-refractivity contribution in [2.45, 2.75) is 23.7 Å². The summed E-state index contributed by atoms with van der Waals surface area (Å²) in [6.07, 6.45) is 0.716. The highest BCUT2D eigenvalue weighted by Crippen LogP contribution is 2.22. The van der Waals surface area contributed by atoms with Crippen molar-refractivity contribution < 1.29 is 14.7 Å². The summed E-state index contributed by atoms with van der Waals surface area (Å²) in [5.41, 5.74) is 0.929. The van der Waals surface area contributed by atoms with Crippen LogP contribution < -0.4 is 0 Å². The molecule has 1 N–H and O–H groups in total. The van der Waals surface area contributed by atoms with Gasteiger partial charge in [0.2, 0.25) is 5.91 Å². The third-order valence-electron chi connectivity index (χ3n) is 3.11. The number of carbonyl (C=O) groups excluding carboxylic acids is 1. The Kier molecular flexibility index (Phi) is 4.83. The van der Waals surface area contributed by atoms with E-state index in [2.05, 4.69) is 38.5 Å². The molecule has 0 saturated carbocycles. The van der Waals surface area contributed by atoms with Gasteiger partial charge < -0.3 is 10.0 Å². The maximum absolute atomic E-state index is 11.8. The molecule has 102 valence electrons. The van der Waals surface area contributed by atoms with Gasteiger partial charge in [-0.2, -0.15) is 0 Å². The van der Waals surface area contributed by atoms with Crippen molar-refractivity contribution in [3.63, 3.8) is 0 Å². The minimum absolute atomic E-state index is 0.0542. The standard InChI is InChI=1S/C13H13BrINO3/c14-9-6-12(17)16(7-9)11(13(18)19)5-8-1-3-10(15)4-2-8/h1-4,9,11H,5-7H2,(H,18,19). The minimum atomic E-state index is -0.950. The molecule has 1 aromatic rings. The first-order chi connectivity index (χ1) is 8.97. The van der Waals surface area contributed by atoms with Crippen molar-refractivity contribution in [3.05, 3.63) is 33.4 Å². The van der Waals surface area contributed by atoms with E-state index in [4.69, 9.17) is 0 Å². The Labute approximate surface area is 133 Å². The summed E-state index contributed by atoms with van der Waals surface area (Å²) in [5, 5.41) is 9.34. The van der Waals surface area contributed by atoms with E-state index >= 15 is 0 Å². The van der Waals surface area contributed by atoms with E-state index in [9.17, 15) is 14.7 Å². The predicted molar refractivity (Wildman–Crippen MR) is 83.3 cm³/mol. The number of halogens is 2. The Hall–Kier alpha value is -0.630. The number of carboxylic acid groups (broad SMARTS) is 1. The van der Waals surface area contributed by atoms with Gasteiger partial charge in [-0.3, -0.25) is 4.79 Å². The first-order valence-electron chi connectivity index (χ1n) is 5.88. The van der Waals surface area contributed by atoms with E-state index in [1.165, 1.54) is 4.90 Å². The number of hydrogen-bond donors (Lipinski definition) is 1. The average Bonchev–Trinajstić information content (AvgIpc) is 2.67. The number of aliphatic carboxylic acids is 1. The van der Waals surface area contributed by atoms with Crippen LogP contribution in [0.2, 0.25) is 0 Å². The fraction of sp³-hybridized carbons (Fsp3) is 0.385. The molecule has 1 amide bonds. The maximum atomic E-state index is 11.8. The number of amides is 1. The lowest BCUT2D eigenvalue weighted by atomic mass is 10.1. The van der Waals surface area contributed by atoms with Crippen LogP contribution in [0.4, 0.5) is 0 Å². The Morgan fingerprint density at radius 1 is 1.47 bits per heavy atom. The van der Waals surface area contributed by atoms with Crippen LogP contribution in [0.1, 0.15) is 12.0 Å². The molecule has 0 aliphatic carbocycles. The number of carbonyl (C=O) groups is 2. The van der Waals surface area contributed by atoms with Gasteiger partial charge in [0.05, 0.1) is 0 Å².